The van der Waals surface area contributed by atoms with Crippen LogP contribution in [0.25, 0.3) is 0 Å². The number of nitrogens with one attached hydrogen (secondary N) is 2. The smallest absolute Gasteiger partial charge is 0.308 e. The zero-order valence-electron chi connectivity index (χ0n) is 15.2. The SMILES string of the molecule is CC(C(=O)O)C(NC(=O)CNC(=O)CC1CCCCC1)c1ccccc1. The van der Waals surface area contributed by atoms with Crippen molar-refractivity contribution in [3.8, 4) is 0 Å². The van der Waals surface area contributed by atoms with Crippen LogP contribution in [0.2, 0.25) is 0 Å². The highest BCUT2D eigenvalue weighted by molar-refractivity contribution is 5.85. The van der Waals surface area contributed by atoms with Crippen molar-refractivity contribution in [3.05, 3.63) is 35.9 Å². The number of rotatable bonds is 8. The largest absolute Gasteiger partial charge is 0.481 e. The van der Waals surface area contributed by atoms with Gasteiger partial charge in [-0.25, -0.2) is 0 Å². The molecular weight excluding hydrogens is 332 g/mol. The number of carbonyl (C=O) groups is 3. The first kappa shape index (κ1) is 19.9. The van der Waals surface area contributed by atoms with Crippen LogP contribution in [-0.4, -0.2) is 29.4 Å². The molecule has 0 radical (unpaired) electrons. The molecule has 0 bridgehead atoms. The van der Waals surface area contributed by atoms with Crippen molar-refractivity contribution in [3.63, 3.8) is 0 Å². The number of carbonyl (C=O) groups excluding carboxylic acids is 2. The predicted octanol–water partition coefficient (Wildman–Crippen LogP) is 2.65. The summed E-state index contributed by atoms with van der Waals surface area (Å²) in [5.74, 6) is -1.85. The molecule has 0 aromatic heterocycles. The normalized spacial score (nSPS) is 17.1. The summed E-state index contributed by atoms with van der Waals surface area (Å²) in [6, 6.07) is 8.36. The molecule has 2 atom stereocenters. The molecule has 2 rings (SSSR count). The molecule has 2 amide bonds. The van der Waals surface area contributed by atoms with Gasteiger partial charge in [0.25, 0.3) is 0 Å². The Hall–Kier alpha value is -2.37. The fourth-order valence-corrected chi connectivity index (χ4v) is 3.43. The van der Waals surface area contributed by atoms with Gasteiger partial charge in [-0.3, -0.25) is 14.4 Å². The molecule has 1 aromatic rings. The summed E-state index contributed by atoms with van der Waals surface area (Å²) in [5.41, 5.74) is 0.726. The molecule has 1 aromatic carbocycles. The topological polar surface area (TPSA) is 95.5 Å². The Balaban J connectivity index is 1.86. The van der Waals surface area contributed by atoms with Crippen LogP contribution in [0, 0.1) is 11.8 Å². The average Bonchev–Trinajstić information content (AvgIpc) is 2.65. The van der Waals surface area contributed by atoms with Crippen molar-refractivity contribution in [2.24, 2.45) is 11.8 Å². The Kier molecular flexibility index (Phi) is 7.63. The quantitative estimate of drug-likeness (QED) is 0.664. The number of hydrogen-bond donors (Lipinski definition) is 3. The molecule has 0 aliphatic heterocycles. The molecule has 26 heavy (non-hydrogen) atoms. The van der Waals surface area contributed by atoms with E-state index in [1.54, 1.807) is 31.2 Å². The van der Waals surface area contributed by atoms with E-state index in [0.717, 1.165) is 18.4 Å². The first-order valence-corrected chi connectivity index (χ1v) is 9.31. The van der Waals surface area contributed by atoms with E-state index in [2.05, 4.69) is 10.6 Å². The van der Waals surface area contributed by atoms with E-state index < -0.39 is 17.9 Å². The molecule has 2 unspecified atom stereocenters. The van der Waals surface area contributed by atoms with Crippen LogP contribution in [0.15, 0.2) is 30.3 Å². The number of hydrogen-bond acceptors (Lipinski definition) is 3. The van der Waals surface area contributed by atoms with Crippen LogP contribution in [0.4, 0.5) is 0 Å². The summed E-state index contributed by atoms with van der Waals surface area (Å²) in [7, 11) is 0. The highest BCUT2D eigenvalue weighted by atomic mass is 16.4. The van der Waals surface area contributed by atoms with Gasteiger partial charge >= 0.3 is 5.97 Å². The summed E-state index contributed by atoms with van der Waals surface area (Å²) < 4.78 is 0. The van der Waals surface area contributed by atoms with E-state index in [9.17, 15) is 19.5 Å². The van der Waals surface area contributed by atoms with Gasteiger partial charge in [-0.1, -0.05) is 49.6 Å². The molecule has 142 valence electrons. The van der Waals surface area contributed by atoms with Gasteiger partial charge in [0, 0.05) is 6.42 Å². The lowest BCUT2D eigenvalue weighted by Gasteiger charge is -2.23. The molecule has 0 heterocycles. The molecule has 0 saturated heterocycles. The van der Waals surface area contributed by atoms with Gasteiger partial charge in [0.15, 0.2) is 0 Å². The maximum atomic E-state index is 12.2. The lowest BCUT2D eigenvalue weighted by atomic mass is 9.87. The van der Waals surface area contributed by atoms with Crippen molar-refractivity contribution >= 4 is 17.8 Å². The Morgan fingerprint density at radius 3 is 2.35 bits per heavy atom. The Morgan fingerprint density at radius 1 is 1.08 bits per heavy atom. The molecular formula is C20H28N2O4. The van der Waals surface area contributed by atoms with E-state index in [4.69, 9.17) is 0 Å². The summed E-state index contributed by atoms with van der Waals surface area (Å²) in [5, 5.41) is 14.7. The first-order chi connectivity index (χ1) is 12.5. The molecule has 1 fully saturated rings. The van der Waals surface area contributed by atoms with Crippen molar-refractivity contribution in [1.29, 1.82) is 0 Å². The highest BCUT2D eigenvalue weighted by Crippen LogP contribution is 2.26. The van der Waals surface area contributed by atoms with Gasteiger partial charge in [0.1, 0.15) is 0 Å². The van der Waals surface area contributed by atoms with E-state index in [0.29, 0.717) is 12.3 Å². The van der Waals surface area contributed by atoms with E-state index in [-0.39, 0.29) is 18.4 Å². The van der Waals surface area contributed by atoms with Crippen LogP contribution in [-0.2, 0) is 14.4 Å². The minimum atomic E-state index is -0.986. The number of aliphatic carboxylic acids is 1. The van der Waals surface area contributed by atoms with Crippen molar-refractivity contribution in [2.75, 3.05) is 6.54 Å². The fraction of sp³-hybridized carbons (Fsp3) is 0.550. The standard InChI is InChI=1S/C20H28N2O4/c1-14(20(25)26)19(16-10-6-3-7-11-16)22-18(24)13-21-17(23)12-15-8-4-2-5-9-15/h3,6-7,10-11,14-15,19H,2,4-5,8-9,12-13H2,1H3,(H,21,23)(H,22,24)(H,25,26). The fourth-order valence-electron chi connectivity index (χ4n) is 3.43. The zero-order chi connectivity index (χ0) is 18.9. The van der Waals surface area contributed by atoms with Gasteiger partial charge in [-0.2, -0.15) is 0 Å². The van der Waals surface area contributed by atoms with Gasteiger partial charge in [-0.15, -0.1) is 0 Å². The second-order valence-electron chi connectivity index (χ2n) is 7.07. The zero-order valence-corrected chi connectivity index (χ0v) is 15.2. The summed E-state index contributed by atoms with van der Waals surface area (Å²) in [6.45, 7) is 1.42. The molecule has 0 spiro atoms. The first-order valence-electron chi connectivity index (χ1n) is 9.31. The number of carboxylic acids is 1. The Bertz CT molecular complexity index is 611. The molecule has 1 aliphatic rings. The minimum absolute atomic E-state index is 0.116. The van der Waals surface area contributed by atoms with Crippen LogP contribution in [0.1, 0.15) is 57.1 Å². The van der Waals surface area contributed by atoms with Crippen molar-refractivity contribution in [2.45, 2.75) is 51.5 Å². The summed E-state index contributed by atoms with van der Waals surface area (Å²) in [4.78, 5) is 35.6. The molecule has 1 aliphatic carbocycles. The van der Waals surface area contributed by atoms with Crippen LogP contribution in [0.3, 0.4) is 0 Å². The minimum Gasteiger partial charge on any atom is -0.481 e. The van der Waals surface area contributed by atoms with Gasteiger partial charge < -0.3 is 15.7 Å². The maximum absolute atomic E-state index is 12.2. The monoisotopic (exact) mass is 360 g/mol. The Morgan fingerprint density at radius 2 is 1.73 bits per heavy atom. The molecule has 3 N–H and O–H groups in total. The van der Waals surface area contributed by atoms with Crippen LogP contribution >= 0.6 is 0 Å². The highest BCUT2D eigenvalue weighted by Gasteiger charge is 2.27. The Labute approximate surface area is 154 Å². The van der Waals surface area contributed by atoms with E-state index >= 15 is 0 Å². The van der Waals surface area contributed by atoms with Crippen molar-refractivity contribution < 1.29 is 19.5 Å². The van der Waals surface area contributed by atoms with E-state index in [1.807, 2.05) is 6.07 Å². The second-order valence-corrected chi connectivity index (χ2v) is 7.07. The van der Waals surface area contributed by atoms with Gasteiger partial charge in [-0.05, 0) is 31.2 Å². The summed E-state index contributed by atoms with van der Waals surface area (Å²) >= 11 is 0. The third-order valence-corrected chi connectivity index (χ3v) is 5.01. The third kappa shape index (κ3) is 6.17. The number of amides is 2. The lowest BCUT2D eigenvalue weighted by molar-refractivity contribution is -0.142. The van der Waals surface area contributed by atoms with Crippen molar-refractivity contribution in [1.82, 2.24) is 10.6 Å². The molecule has 1 saturated carbocycles. The predicted molar refractivity (Wildman–Crippen MR) is 98.3 cm³/mol. The second kappa shape index (κ2) is 9.94. The maximum Gasteiger partial charge on any atom is 0.308 e. The number of benzene rings is 1. The van der Waals surface area contributed by atoms with Gasteiger partial charge in [0.2, 0.25) is 11.8 Å². The molecule has 6 heteroatoms. The lowest BCUT2D eigenvalue weighted by Crippen LogP contribution is -2.42. The summed E-state index contributed by atoms with van der Waals surface area (Å²) in [6.07, 6.45) is 6.19. The van der Waals surface area contributed by atoms with Crippen LogP contribution in [0.5, 0.6) is 0 Å². The van der Waals surface area contributed by atoms with Gasteiger partial charge in [0.05, 0.1) is 18.5 Å². The number of carboxylic acid groups (broad SMARTS) is 1. The van der Waals surface area contributed by atoms with Crippen LogP contribution < -0.4 is 10.6 Å². The average molecular weight is 360 g/mol. The third-order valence-electron chi connectivity index (χ3n) is 5.01. The molecule has 6 nitrogen and oxygen atoms in total. The van der Waals surface area contributed by atoms with E-state index in [1.165, 1.54) is 19.3 Å².